The molecule has 0 aliphatic carbocycles. The molecule has 0 heterocycles. The first-order valence-electron chi connectivity index (χ1n) is 5.90. The molecule has 0 aliphatic heterocycles. The molecule has 0 saturated carbocycles. The predicted octanol–water partition coefficient (Wildman–Crippen LogP) is 1.87. The van der Waals surface area contributed by atoms with Gasteiger partial charge in [0, 0.05) is 6.54 Å². The molecular formula is C12H16N2O5. The fourth-order valence-corrected chi connectivity index (χ4v) is 1.63. The van der Waals surface area contributed by atoms with E-state index in [-0.39, 0.29) is 11.3 Å². The second-order valence-corrected chi connectivity index (χ2v) is 4.04. The Labute approximate surface area is 110 Å². The lowest BCUT2D eigenvalue weighted by atomic mass is 10.1. The number of nitro groups is 1. The summed E-state index contributed by atoms with van der Waals surface area (Å²) in [5, 5.41) is 32.1. The molecule has 7 nitrogen and oxygen atoms in total. The van der Waals surface area contributed by atoms with Gasteiger partial charge in [0.1, 0.15) is 11.3 Å². The van der Waals surface area contributed by atoms with Crippen LogP contribution in [-0.2, 0) is 0 Å². The molecule has 3 N–H and O–H groups in total. The van der Waals surface area contributed by atoms with Crippen molar-refractivity contribution in [3.05, 3.63) is 33.9 Å². The first-order chi connectivity index (χ1) is 8.97. The van der Waals surface area contributed by atoms with E-state index in [1.54, 1.807) is 0 Å². The van der Waals surface area contributed by atoms with Gasteiger partial charge in [-0.25, -0.2) is 4.79 Å². The van der Waals surface area contributed by atoms with Gasteiger partial charge < -0.3 is 15.5 Å². The molecule has 0 radical (unpaired) electrons. The Bertz CT molecular complexity index is 475. The second-order valence-electron chi connectivity index (χ2n) is 4.04. The van der Waals surface area contributed by atoms with Crippen LogP contribution >= 0.6 is 0 Å². The largest absolute Gasteiger partial charge is 0.477 e. The molecule has 0 saturated heterocycles. The molecular weight excluding hydrogens is 252 g/mol. The highest BCUT2D eigenvalue weighted by Gasteiger charge is 2.23. The molecule has 1 rings (SSSR count). The van der Waals surface area contributed by atoms with Crippen LogP contribution in [0.25, 0.3) is 0 Å². The van der Waals surface area contributed by atoms with Gasteiger partial charge in [0.2, 0.25) is 0 Å². The maximum atomic E-state index is 11.0. The number of nitrogens with one attached hydrogen (secondary N) is 1. The highest BCUT2D eigenvalue weighted by atomic mass is 16.6. The lowest BCUT2D eigenvalue weighted by molar-refractivity contribution is -0.384. The number of hydrogen-bond acceptors (Lipinski definition) is 5. The van der Waals surface area contributed by atoms with E-state index in [4.69, 9.17) is 5.11 Å². The van der Waals surface area contributed by atoms with Crippen LogP contribution < -0.4 is 5.32 Å². The summed E-state index contributed by atoms with van der Waals surface area (Å²) in [5.41, 5.74) is -0.666. The molecule has 1 aromatic rings. The number of aliphatic hydroxyl groups excluding tert-OH is 1. The molecule has 7 heteroatoms. The summed E-state index contributed by atoms with van der Waals surface area (Å²) in [6, 6.07) is 4.07. The molecule has 0 aromatic heterocycles. The van der Waals surface area contributed by atoms with Crippen LogP contribution in [-0.4, -0.2) is 33.8 Å². The van der Waals surface area contributed by atoms with Crippen molar-refractivity contribution in [2.45, 2.75) is 25.9 Å². The molecule has 19 heavy (non-hydrogen) atoms. The number of nitro benzene ring substituents is 1. The normalized spacial score (nSPS) is 11.9. The van der Waals surface area contributed by atoms with Gasteiger partial charge in [-0.3, -0.25) is 10.1 Å². The van der Waals surface area contributed by atoms with Crippen molar-refractivity contribution in [3.8, 4) is 0 Å². The quantitative estimate of drug-likeness (QED) is 0.514. The summed E-state index contributed by atoms with van der Waals surface area (Å²) in [7, 11) is 0. The summed E-state index contributed by atoms with van der Waals surface area (Å²) in [6.07, 6.45) is 0.554. The molecule has 0 amide bonds. The Morgan fingerprint density at radius 1 is 1.53 bits per heavy atom. The monoisotopic (exact) mass is 268 g/mol. The molecule has 0 fully saturated rings. The topological polar surface area (TPSA) is 113 Å². The van der Waals surface area contributed by atoms with Gasteiger partial charge in [0.05, 0.1) is 11.0 Å². The van der Waals surface area contributed by atoms with E-state index in [0.717, 1.165) is 0 Å². The minimum atomic E-state index is -1.34. The third-order valence-electron chi connectivity index (χ3n) is 2.71. The van der Waals surface area contributed by atoms with Crippen LogP contribution in [0.5, 0.6) is 0 Å². The summed E-state index contributed by atoms with van der Waals surface area (Å²) in [4.78, 5) is 21.2. The lowest BCUT2D eigenvalue weighted by Gasteiger charge is -2.10. The van der Waals surface area contributed by atoms with E-state index >= 15 is 0 Å². The predicted molar refractivity (Wildman–Crippen MR) is 69.5 cm³/mol. The highest BCUT2D eigenvalue weighted by molar-refractivity contribution is 5.95. The number of aliphatic hydroxyl groups is 1. The highest BCUT2D eigenvalue weighted by Crippen LogP contribution is 2.28. The van der Waals surface area contributed by atoms with Gasteiger partial charge >= 0.3 is 11.7 Å². The van der Waals surface area contributed by atoms with Crippen molar-refractivity contribution < 1.29 is 19.9 Å². The Hall–Kier alpha value is -2.15. The van der Waals surface area contributed by atoms with E-state index in [1.807, 2.05) is 6.92 Å². The number of rotatable bonds is 7. The number of anilines is 1. The zero-order chi connectivity index (χ0) is 14.4. The van der Waals surface area contributed by atoms with E-state index in [9.17, 15) is 20.0 Å². The number of benzene rings is 1. The Morgan fingerprint density at radius 2 is 2.21 bits per heavy atom. The first kappa shape index (κ1) is 14.9. The van der Waals surface area contributed by atoms with Crippen molar-refractivity contribution in [2.24, 2.45) is 0 Å². The molecule has 0 spiro atoms. The summed E-state index contributed by atoms with van der Waals surface area (Å²) in [6.45, 7) is 2.16. The smallest absolute Gasteiger partial charge is 0.342 e. The van der Waals surface area contributed by atoms with Crippen LogP contribution in [0.3, 0.4) is 0 Å². The second kappa shape index (κ2) is 6.69. The SMILES string of the molecule is CCC(O)CCNc1cccc(C(=O)O)c1[N+](=O)[O-]. The van der Waals surface area contributed by atoms with Crippen molar-refractivity contribution in [3.63, 3.8) is 0 Å². The number of carbonyl (C=O) groups is 1. The summed E-state index contributed by atoms with van der Waals surface area (Å²) in [5.74, 6) is -1.34. The molecule has 0 aliphatic rings. The zero-order valence-electron chi connectivity index (χ0n) is 10.5. The minimum absolute atomic E-state index is 0.146. The zero-order valence-corrected chi connectivity index (χ0v) is 10.5. The number of carboxylic acids is 1. The van der Waals surface area contributed by atoms with Crippen LogP contribution in [0.4, 0.5) is 11.4 Å². The van der Waals surface area contributed by atoms with Crippen LogP contribution in [0.1, 0.15) is 30.1 Å². The lowest BCUT2D eigenvalue weighted by Crippen LogP contribution is -2.14. The van der Waals surface area contributed by atoms with Crippen LogP contribution in [0.15, 0.2) is 18.2 Å². The number of aromatic carboxylic acids is 1. The molecule has 1 unspecified atom stereocenters. The van der Waals surface area contributed by atoms with Gasteiger partial charge in [0.25, 0.3) is 0 Å². The average Bonchev–Trinajstić information content (AvgIpc) is 2.37. The summed E-state index contributed by atoms with van der Waals surface area (Å²) >= 11 is 0. The number of nitrogens with zero attached hydrogens (tertiary/aromatic N) is 1. The Morgan fingerprint density at radius 3 is 2.74 bits per heavy atom. The van der Waals surface area contributed by atoms with Crippen molar-refractivity contribution in [1.29, 1.82) is 0 Å². The van der Waals surface area contributed by atoms with Gasteiger partial charge in [-0.05, 0) is 25.0 Å². The Kier molecular flexibility index (Phi) is 5.25. The maximum absolute atomic E-state index is 11.0. The van der Waals surface area contributed by atoms with Crippen LogP contribution in [0, 0.1) is 10.1 Å². The number of hydrogen-bond donors (Lipinski definition) is 3. The van der Waals surface area contributed by atoms with E-state index in [0.29, 0.717) is 19.4 Å². The average molecular weight is 268 g/mol. The summed E-state index contributed by atoms with van der Waals surface area (Å²) < 4.78 is 0. The molecule has 104 valence electrons. The van der Waals surface area contributed by atoms with Crippen molar-refractivity contribution >= 4 is 17.3 Å². The van der Waals surface area contributed by atoms with Gasteiger partial charge in [-0.2, -0.15) is 0 Å². The van der Waals surface area contributed by atoms with Crippen molar-refractivity contribution in [2.75, 3.05) is 11.9 Å². The van der Waals surface area contributed by atoms with Gasteiger partial charge in [-0.1, -0.05) is 13.0 Å². The maximum Gasteiger partial charge on any atom is 0.342 e. The third kappa shape index (κ3) is 3.92. The third-order valence-corrected chi connectivity index (χ3v) is 2.71. The number of para-hydroxylation sites is 1. The molecule has 1 atom stereocenters. The molecule has 1 aromatic carbocycles. The van der Waals surface area contributed by atoms with E-state index < -0.39 is 22.7 Å². The fraction of sp³-hybridized carbons (Fsp3) is 0.417. The van der Waals surface area contributed by atoms with Crippen LogP contribution in [0.2, 0.25) is 0 Å². The minimum Gasteiger partial charge on any atom is -0.477 e. The molecule has 0 bridgehead atoms. The van der Waals surface area contributed by atoms with Gasteiger partial charge in [-0.15, -0.1) is 0 Å². The van der Waals surface area contributed by atoms with Gasteiger partial charge in [0.15, 0.2) is 0 Å². The number of carboxylic acid groups (broad SMARTS) is 1. The van der Waals surface area contributed by atoms with Crippen molar-refractivity contribution in [1.82, 2.24) is 0 Å². The standard InChI is InChI=1S/C12H16N2O5/c1-2-8(15)6-7-13-10-5-3-4-9(12(16)17)11(10)14(18)19/h3-5,8,13,15H,2,6-7H2,1H3,(H,16,17). The van der Waals surface area contributed by atoms with E-state index in [2.05, 4.69) is 5.32 Å². The first-order valence-corrected chi connectivity index (χ1v) is 5.90. The Balaban J connectivity index is 2.91. The van der Waals surface area contributed by atoms with E-state index in [1.165, 1.54) is 18.2 Å². The fourth-order valence-electron chi connectivity index (χ4n) is 1.63.